The van der Waals surface area contributed by atoms with Crippen LogP contribution in [0.25, 0.3) is 10.9 Å². The van der Waals surface area contributed by atoms with E-state index in [1.165, 1.54) is 0 Å². The zero-order chi connectivity index (χ0) is 32.6. The van der Waals surface area contributed by atoms with E-state index in [1.807, 2.05) is 42.5 Å². The summed E-state index contributed by atoms with van der Waals surface area (Å²) in [5.41, 5.74) is -0.255. The number of allylic oxidation sites excluding steroid dienone is 1. The zero-order valence-corrected chi connectivity index (χ0v) is 26.9. The second-order valence-electron chi connectivity index (χ2n) is 14.4. The number of alkyl carbamates (subject to hydrolysis) is 1. The van der Waals surface area contributed by atoms with Crippen molar-refractivity contribution < 1.29 is 29.0 Å². The van der Waals surface area contributed by atoms with Crippen LogP contribution in [0.2, 0.25) is 0 Å². The van der Waals surface area contributed by atoms with Crippen LogP contribution in [0, 0.1) is 17.8 Å². The SMILES string of the molecule is CC(C)(C)OC(=O)N[C@H]1CCCCC/C=C\[C@@H]2C[C@@]2(C(=O)O)NC(=O)[C@@H]2[C@H]3CN(Cc4ccc5ccccc5n4)C[C@H]3CN2C1=O. The van der Waals surface area contributed by atoms with E-state index in [9.17, 15) is 24.3 Å². The minimum Gasteiger partial charge on any atom is -0.479 e. The lowest BCUT2D eigenvalue weighted by Gasteiger charge is -2.33. The first kappa shape index (κ1) is 32.0. The second-order valence-corrected chi connectivity index (χ2v) is 14.4. The van der Waals surface area contributed by atoms with Gasteiger partial charge in [-0.3, -0.25) is 19.5 Å². The van der Waals surface area contributed by atoms with E-state index in [0.717, 1.165) is 35.9 Å². The van der Waals surface area contributed by atoms with Crippen molar-refractivity contribution in [2.45, 2.75) is 89.1 Å². The number of amides is 3. The van der Waals surface area contributed by atoms with Gasteiger partial charge in [0.2, 0.25) is 11.8 Å². The quantitative estimate of drug-likeness (QED) is 0.432. The molecule has 6 rings (SSSR count). The summed E-state index contributed by atoms with van der Waals surface area (Å²) in [7, 11) is 0. The van der Waals surface area contributed by atoms with Crippen LogP contribution in [-0.2, 0) is 25.7 Å². The first-order valence-electron chi connectivity index (χ1n) is 16.5. The Balaban J connectivity index is 1.26. The van der Waals surface area contributed by atoms with Crippen LogP contribution in [0.4, 0.5) is 4.79 Å². The van der Waals surface area contributed by atoms with Crippen molar-refractivity contribution in [2.75, 3.05) is 19.6 Å². The number of nitrogens with zero attached hydrogens (tertiary/aromatic N) is 3. The average Bonchev–Trinajstić information content (AvgIpc) is 3.37. The number of hydrogen-bond acceptors (Lipinski definition) is 7. The summed E-state index contributed by atoms with van der Waals surface area (Å²) in [6, 6.07) is 10.3. The number of carbonyl (C=O) groups is 4. The van der Waals surface area contributed by atoms with Crippen LogP contribution in [0.5, 0.6) is 0 Å². The Kier molecular flexibility index (Phi) is 8.80. The number of aliphatic carboxylic acids is 1. The summed E-state index contributed by atoms with van der Waals surface area (Å²) in [6.45, 7) is 7.49. The monoisotopic (exact) mass is 631 g/mol. The lowest BCUT2D eigenvalue weighted by Crippen LogP contribution is -2.58. The molecular formula is C35H45N5O6. The number of carbonyl (C=O) groups excluding carboxylic acids is 3. The molecule has 3 aliphatic heterocycles. The maximum atomic E-state index is 14.3. The first-order valence-corrected chi connectivity index (χ1v) is 16.5. The summed E-state index contributed by atoms with van der Waals surface area (Å²) in [5.74, 6) is -2.31. The molecule has 1 saturated carbocycles. The van der Waals surface area contributed by atoms with Gasteiger partial charge in [0.05, 0.1) is 11.2 Å². The van der Waals surface area contributed by atoms with Crippen molar-refractivity contribution in [2.24, 2.45) is 17.8 Å². The van der Waals surface area contributed by atoms with Crippen LogP contribution in [0.3, 0.4) is 0 Å². The lowest BCUT2D eigenvalue weighted by molar-refractivity contribution is -0.146. The Morgan fingerprint density at radius 2 is 1.89 bits per heavy atom. The summed E-state index contributed by atoms with van der Waals surface area (Å²) >= 11 is 0. The molecule has 2 aromatic rings. The number of likely N-dealkylation sites (tertiary alicyclic amines) is 1. The highest BCUT2D eigenvalue weighted by Gasteiger charge is 2.62. The van der Waals surface area contributed by atoms with Crippen LogP contribution < -0.4 is 10.6 Å². The fraction of sp³-hybridized carbons (Fsp3) is 0.571. The van der Waals surface area contributed by atoms with Crippen molar-refractivity contribution in [3.63, 3.8) is 0 Å². The van der Waals surface area contributed by atoms with Gasteiger partial charge in [0.25, 0.3) is 0 Å². The van der Waals surface area contributed by atoms with Gasteiger partial charge in [0.15, 0.2) is 0 Å². The molecule has 46 heavy (non-hydrogen) atoms. The molecule has 11 heteroatoms. The number of benzene rings is 1. The molecule has 11 nitrogen and oxygen atoms in total. The van der Waals surface area contributed by atoms with E-state index in [2.05, 4.69) is 21.6 Å². The normalized spacial score (nSPS) is 31.1. The first-order chi connectivity index (χ1) is 21.9. The van der Waals surface area contributed by atoms with E-state index in [1.54, 1.807) is 25.7 Å². The van der Waals surface area contributed by atoms with Gasteiger partial charge in [0.1, 0.15) is 23.2 Å². The fourth-order valence-corrected chi connectivity index (χ4v) is 7.47. The van der Waals surface area contributed by atoms with Gasteiger partial charge in [-0.2, -0.15) is 0 Å². The predicted molar refractivity (Wildman–Crippen MR) is 172 cm³/mol. The number of carboxylic acid groups (broad SMARTS) is 1. The van der Waals surface area contributed by atoms with E-state index in [4.69, 9.17) is 9.72 Å². The van der Waals surface area contributed by atoms with E-state index in [-0.39, 0.29) is 23.7 Å². The molecule has 0 spiro atoms. The molecule has 3 fully saturated rings. The largest absolute Gasteiger partial charge is 0.479 e. The molecule has 0 bridgehead atoms. The number of rotatable bonds is 4. The maximum Gasteiger partial charge on any atom is 0.408 e. The highest BCUT2D eigenvalue weighted by Crippen LogP contribution is 2.46. The molecule has 3 N–H and O–H groups in total. The molecule has 1 aromatic carbocycles. The van der Waals surface area contributed by atoms with Gasteiger partial charge in [0, 0.05) is 43.4 Å². The molecule has 1 aliphatic carbocycles. The Hall–Kier alpha value is -3.99. The van der Waals surface area contributed by atoms with E-state index in [0.29, 0.717) is 45.4 Å². The van der Waals surface area contributed by atoms with E-state index >= 15 is 0 Å². The Bertz CT molecular complexity index is 1540. The molecule has 4 heterocycles. The van der Waals surface area contributed by atoms with Gasteiger partial charge in [-0.15, -0.1) is 0 Å². The molecule has 2 saturated heterocycles. The van der Waals surface area contributed by atoms with Crippen molar-refractivity contribution in [1.29, 1.82) is 0 Å². The third-order valence-corrected chi connectivity index (χ3v) is 9.80. The Morgan fingerprint density at radius 1 is 1.09 bits per heavy atom. The minimum absolute atomic E-state index is 0.0110. The highest BCUT2D eigenvalue weighted by atomic mass is 16.6. The predicted octanol–water partition coefficient (Wildman–Crippen LogP) is 3.87. The number of aromatic nitrogens is 1. The van der Waals surface area contributed by atoms with Crippen molar-refractivity contribution in [1.82, 2.24) is 25.4 Å². The fourth-order valence-electron chi connectivity index (χ4n) is 7.47. The molecule has 4 aliphatic rings. The van der Waals surface area contributed by atoms with Gasteiger partial charge in [-0.1, -0.05) is 49.3 Å². The Morgan fingerprint density at radius 3 is 2.67 bits per heavy atom. The minimum atomic E-state index is -1.37. The number of carboxylic acids is 1. The van der Waals surface area contributed by atoms with Crippen molar-refractivity contribution in [3.8, 4) is 0 Å². The standard InChI is InChI=1S/C35H45N5O6/c1-34(2,3)46-33(45)37-28-14-8-6-4-5-7-12-24-17-35(24,32(43)44)38-30(41)29-26-21-39(18-23(26)19-40(29)31(28)42)20-25-16-15-22-11-9-10-13-27(22)36-25/h7,9-13,15-16,23-24,26,28-29H,4-6,8,14,17-21H2,1-3H3,(H,37,45)(H,38,41)(H,43,44)/b12-7-/t23-,24+,26-,28-,29-,35+/m0/s1. The summed E-state index contributed by atoms with van der Waals surface area (Å²) in [6.07, 6.45) is 7.19. The van der Waals surface area contributed by atoms with Gasteiger partial charge < -0.3 is 25.4 Å². The molecule has 3 amide bonds. The number of ether oxygens (including phenoxy) is 1. The molecule has 0 radical (unpaired) electrons. The lowest BCUT2D eigenvalue weighted by atomic mass is 9.93. The third kappa shape index (κ3) is 6.74. The number of fused-ring (bicyclic) bond motifs is 5. The van der Waals surface area contributed by atoms with Gasteiger partial charge >= 0.3 is 12.1 Å². The number of para-hydroxylation sites is 1. The second kappa shape index (κ2) is 12.7. The molecule has 1 aromatic heterocycles. The third-order valence-electron chi connectivity index (χ3n) is 9.80. The maximum absolute atomic E-state index is 14.3. The van der Waals surface area contributed by atoms with Crippen molar-refractivity contribution >= 4 is 34.8 Å². The number of hydrogen-bond donors (Lipinski definition) is 3. The number of pyridine rings is 1. The smallest absolute Gasteiger partial charge is 0.408 e. The van der Waals surface area contributed by atoms with E-state index < -0.39 is 41.2 Å². The summed E-state index contributed by atoms with van der Waals surface area (Å²) in [5, 5.41) is 17.0. The zero-order valence-electron chi connectivity index (χ0n) is 26.9. The Labute approximate surface area is 269 Å². The van der Waals surface area contributed by atoms with Crippen LogP contribution in [0.1, 0.15) is 65.0 Å². The van der Waals surface area contributed by atoms with Crippen LogP contribution in [0.15, 0.2) is 48.6 Å². The summed E-state index contributed by atoms with van der Waals surface area (Å²) in [4.78, 5) is 62.4. The van der Waals surface area contributed by atoms with Crippen molar-refractivity contribution in [3.05, 3.63) is 54.2 Å². The molecule has 0 unspecified atom stereocenters. The highest BCUT2D eigenvalue weighted by molar-refractivity contribution is 5.96. The number of nitrogens with one attached hydrogen (secondary N) is 2. The molecular weight excluding hydrogens is 586 g/mol. The average molecular weight is 632 g/mol. The van der Waals surface area contributed by atoms with Crippen LogP contribution >= 0.6 is 0 Å². The topological polar surface area (TPSA) is 141 Å². The van der Waals surface area contributed by atoms with Crippen LogP contribution in [-0.4, -0.2) is 86.6 Å². The summed E-state index contributed by atoms with van der Waals surface area (Å²) < 4.78 is 5.49. The molecule has 6 atom stereocenters. The van der Waals surface area contributed by atoms with Gasteiger partial charge in [-0.05, 0) is 64.5 Å². The molecule has 246 valence electrons. The van der Waals surface area contributed by atoms with Gasteiger partial charge in [-0.25, -0.2) is 9.59 Å².